The van der Waals surface area contributed by atoms with Crippen LogP contribution in [0.5, 0.6) is 0 Å². The van der Waals surface area contributed by atoms with Crippen molar-refractivity contribution in [3.8, 4) is 0 Å². The van der Waals surface area contributed by atoms with Gasteiger partial charge in [0.15, 0.2) is 0 Å². The number of nitrogens with zero attached hydrogens (tertiary/aromatic N) is 3. The van der Waals surface area contributed by atoms with Crippen molar-refractivity contribution in [1.29, 1.82) is 0 Å². The number of benzene rings is 1. The molecule has 2 N–H and O–H groups in total. The number of rotatable bonds is 7. The second-order valence-corrected chi connectivity index (χ2v) is 4.89. The van der Waals surface area contributed by atoms with Crippen LogP contribution in [0.15, 0.2) is 24.3 Å². The van der Waals surface area contributed by atoms with Gasteiger partial charge in [0, 0.05) is 19.2 Å². The minimum absolute atomic E-state index is 0.133. The third kappa shape index (κ3) is 3.66. The second-order valence-electron chi connectivity index (χ2n) is 4.89. The molecule has 1 aromatic heterocycles. The van der Waals surface area contributed by atoms with Gasteiger partial charge < -0.3 is 10.2 Å². The quantitative estimate of drug-likeness (QED) is 0.757. The van der Waals surface area contributed by atoms with Crippen LogP contribution in [0.4, 0.5) is 0 Å². The molecule has 0 atom stereocenters. The first-order chi connectivity index (χ1) is 10.1. The Morgan fingerprint density at radius 2 is 2.24 bits per heavy atom. The van der Waals surface area contributed by atoms with Crippen LogP contribution in [0.25, 0.3) is 11.0 Å². The van der Waals surface area contributed by atoms with Gasteiger partial charge in [-0.3, -0.25) is 0 Å². The molecule has 6 heteroatoms. The van der Waals surface area contributed by atoms with Gasteiger partial charge >= 0.3 is 5.97 Å². The van der Waals surface area contributed by atoms with Gasteiger partial charge in [0.25, 0.3) is 0 Å². The normalized spacial score (nSPS) is 11.5. The second kappa shape index (κ2) is 6.99. The average Bonchev–Trinajstić information content (AvgIpc) is 2.87. The molecule has 112 valence electrons. The summed E-state index contributed by atoms with van der Waals surface area (Å²) in [5, 5.41) is 25.8. The summed E-state index contributed by atoms with van der Waals surface area (Å²) in [6.07, 6.45) is 4.93. The van der Waals surface area contributed by atoms with Gasteiger partial charge in [-0.2, -0.15) is 0 Å². The van der Waals surface area contributed by atoms with Crippen molar-refractivity contribution >= 4 is 17.0 Å². The minimum atomic E-state index is -0.922. The van der Waals surface area contributed by atoms with Crippen LogP contribution in [-0.4, -0.2) is 37.8 Å². The summed E-state index contributed by atoms with van der Waals surface area (Å²) >= 11 is 0. The zero-order chi connectivity index (χ0) is 15.2. The van der Waals surface area contributed by atoms with Crippen LogP contribution in [0.3, 0.4) is 0 Å². The first-order valence-electron chi connectivity index (χ1n) is 6.95. The van der Waals surface area contributed by atoms with E-state index >= 15 is 0 Å². The molecule has 0 aliphatic rings. The Bertz CT molecular complexity index is 661. The molecule has 0 amide bonds. The van der Waals surface area contributed by atoms with Crippen molar-refractivity contribution in [3.63, 3.8) is 0 Å². The van der Waals surface area contributed by atoms with Gasteiger partial charge in [0.05, 0.1) is 5.52 Å². The first-order valence-corrected chi connectivity index (χ1v) is 6.95. The molecule has 2 aromatic rings. The number of allylic oxidation sites excluding steroid dienone is 1. The van der Waals surface area contributed by atoms with E-state index in [1.807, 2.05) is 19.1 Å². The molecule has 2 rings (SSSR count). The maximum atomic E-state index is 10.4. The number of carbonyl (C=O) groups is 1. The highest BCUT2D eigenvalue weighted by Crippen LogP contribution is 2.21. The molecular formula is C15H19N3O3. The molecule has 0 radical (unpaired) electrons. The zero-order valence-corrected chi connectivity index (χ0v) is 12.0. The van der Waals surface area contributed by atoms with Crippen molar-refractivity contribution in [3.05, 3.63) is 35.4 Å². The fourth-order valence-electron chi connectivity index (χ4n) is 2.29. The molecule has 0 spiro atoms. The van der Waals surface area contributed by atoms with Gasteiger partial charge in [0.1, 0.15) is 5.52 Å². The number of aromatic nitrogens is 3. The number of hydrogen-bond acceptors (Lipinski definition) is 4. The molecule has 1 heterocycles. The molecular weight excluding hydrogens is 270 g/mol. The predicted molar refractivity (Wildman–Crippen MR) is 79.1 cm³/mol. The Morgan fingerprint density at radius 1 is 1.43 bits per heavy atom. The van der Waals surface area contributed by atoms with E-state index in [1.165, 1.54) is 6.08 Å². The lowest BCUT2D eigenvalue weighted by molar-refractivity contribution is -0.131. The summed E-state index contributed by atoms with van der Waals surface area (Å²) in [7, 11) is 0. The standard InChI is InChI=1S/C15H19N3O3/c1-11-12(5-2-3-6-14(20)21)7-8-13-15(11)16-17-18(13)9-4-10-19/h3,6-8,19H,2,4-5,9-10H2,1H3,(H,20,21)/b6-3+. The summed E-state index contributed by atoms with van der Waals surface area (Å²) in [5.74, 6) is -0.922. The molecule has 0 unspecified atom stereocenters. The van der Waals surface area contributed by atoms with Crippen LogP contribution in [0.1, 0.15) is 24.0 Å². The van der Waals surface area contributed by atoms with E-state index in [0.29, 0.717) is 19.4 Å². The van der Waals surface area contributed by atoms with Crippen molar-refractivity contribution in [1.82, 2.24) is 15.0 Å². The first kappa shape index (κ1) is 15.2. The molecule has 21 heavy (non-hydrogen) atoms. The molecule has 0 aliphatic carbocycles. The molecule has 1 aromatic carbocycles. The Morgan fingerprint density at radius 3 is 2.95 bits per heavy atom. The summed E-state index contributed by atoms with van der Waals surface area (Å²) < 4.78 is 1.80. The number of aliphatic carboxylic acids is 1. The van der Waals surface area contributed by atoms with E-state index < -0.39 is 5.97 Å². The lowest BCUT2D eigenvalue weighted by Gasteiger charge is -2.06. The number of carboxylic acids is 1. The van der Waals surface area contributed by atoms with Crippen LogP contribution < -0.4 is 0 Å². The number of aryl methyl sites for hydroxylation is 3. The highest BCUT2D eigenvalue weighted by atomic mass is 16.4. The summed E-state index contributed by atoms with van der Waals surface area (Å²) in [4.78, 5) is 10.4. The van der Waals surface area contributed by atoms with E-state index in [2.05, 4.69) is 10.3 Å². The number of carboxylic acid groups (broad SMARTS) is 1. The highest BCUT2D eigenvalue weighted by Gasteiger charge is 2.09. The Balaban J connectivity index is 2.16. The Hall–Kier alpha value is -2.21. The van der Waals surface area contributed by atoms with Crippen molar-refractivity contribution < 1.29 is 15.0 Å². The molecule has 0 bridgehead atoms. The number of hydrogen-bond donors (Lipinski definition) is 2. The van der Waals surface area contributed by atoms with Crippen molar-refractivity contribution in [2.45, 2.75) is 32.7 Å². The van der Waals surface area contributed by atoms with Gasteiger partial charge in [0.2, 0.25) is 0 Å². The number of aliphatic hydroxyl groups excluding tert-OH is 1. The van der Waals surface area contributed by atoms with Crippen LogP contribution in [0, 0.1) is 6.92 Å². The zero-order valence-electron chi connectivity index (χ0n) is 12.0. The van der Waals surface area contributed by atoms with Crippen molar-refractivity contribution in [2.24, 2.45) is 0 Å². The van der Waals surface area contributed by atoms with Gasteiger partial charge in [-0.25, -0.2) is 9.48 Å². The fraction of sp³-hybridized carbons (Fsp3) is 0.400. The minimum Gasteiger partial charge on any atom is -0.478 e. The Labute approximate surface area is 122 Å². The average molecular weight is 289 g/mol. The maximum absolute atomic E-state index is 10.4. The molecule has 0 fully saturated rings. The van der Waals surface area contributed by atoms with E-state index in [-0.39, 0.29) is 6.61 Å². The predicted octanol–water partition coefficient (Wildman–Crippen LogP) is 1.70. The van der Waals surface area contributed by atoms with Crippen LogP contribution in [-0.2, 0) is 17.8 Å². The topological polar surface area (TPSA) is 88.2 Å². The fourth-order valence-corrected chi connectivity index (χ4v) is 2.29. The van der Waals surface area contributed by atoms with E-state index in [1.54, 1.807) is 10.8 Å². The largest absolute Gasteiger partial charge is 0.478 e. The Kier molecular flexibility index (Phi) is 5.05. The number of aliphatic hydroxyl groups is 1. The monoisotopic (exact) mass is 289 g/mol. The lowest BCUT2D eigenvalue weighted by atomic mass is 10.0. The summed E-state index contributed by atoms with van der Waals surface area (Å²) in [5.41, 5.74) is 4.05. The van der Waals surface area contributed by atoms with Crippen LogP contribution >= 0.6 is 0 Å². The van der Waals surface area contributed by atoms with Gasteiger partial charge in [-0.05, 0) is 43.4 Å². The smallest absolute Gasteiger partial charge is 0.327 e. The summed E-state index contributed by atoms with van der Waals surface area (Å²) in [6, 6.07) is 4.01. The summed E-state index contributed by atoms with van der Waals surface area (Å²) in [6.45, 7) is 2.78. The third-order valence-corrected chi connectivity index (χ3v) is 3.42. The van der Waals surface area contributed by atoms with Crippen LogP contribution in [0.2, 0.25) is 0 Å². The lowest BCUT2D eigenvalue weighted by Crippen LogP contribution is -2.02. The molecule has 0 saturated heterocycles. The van der Waals surface area contributed by atoms with Crippen molar-refractivity contribution in [2.75, 3.05) is 6.61 Å². The molecule has 6 nitrogen and oxygen atoms in total. The maximum Gasteiger partial charge on any atom is 0.327 e. The van der Waals surface area contributed by atoms with Gasteiger partial charge in [-0.15, -0.1) is 5.10 Å². The van der Waals surface area contributed by atoms with E-state index in [4.69, 9.17) is 10.2 Å². The SMILES string of the molecule is Cc1c(CC/C=C/C(=O)O)ccc2c1nnn2CCCO. The van der Waals surface area contributed by atoms with Gasteiger partial charge in [-0.1, -0.05) is 17.4 Å². The van der Waals surface area contributed by atoms with E-state index in [9.17, 15) is 4.79 Å². The number of fused-ring (bicyclic) bond motifs is 1. The third-order valence-electron chi connectivity index (χ3n) is 3.42. The van der Waals surface area contributed by atoms with E-state index in [0.717, 1.165) is 28.6 Å². The molecule has 0 saturated carbocycles. The molecule has 0 aliphatic heterocycles. The highest BCUT2D eigenvalue weighted by molar-refractivity contribution is 5.80.